The maximum absolute atomic E-state index is 12.5. The maximum Gasteiger partial charge on any atom is 0.258 e. The quantitative estimate of drug-likeness (QED) is 0.427. The Morgan fingerprint density at radius 2 is 1.62 bits per heavy atom. The number of nitrogens with one attached hydrogen (secondary N) is 3. The first-order chi connectivity index (χ1) is 13.9. The predicted molar refractivity (Wildman–Crippen MR) is 116 cm³/mol. The van der Waals surface area contributed by atoms with E-state index in [-0.39, 0.29) is 17.7 Å². The van der Waals surface area contributed by atoms with Gasteiger partial charge in [-0.3, -0.25) is 0 Å². The second kappa shape index (κ2) is 11.7. The number of anilines is 2. The van der Waals surface area contributed by atoms with E-state index in [1.165, 1.54) is 6.07 Å². The topological polar surface area (TPSA) is 105 Å². The average molecular weight is 422 g/mol. The molecule has 0 fully saturated rings. The van der Waals surface area contributed by atoms with Crippen molar-refractivity contribution in [2.75, 3.05) is 36.9 Å². The number of unbranched alkanes of at least 4 members (excludes halogenated alkanes) is 1. The van der Waals surface area contributed by atoms with Crippen LogP contribution in [0.3, 0.4) is 0 Å². The summed E-state index contributed by atoms with van der Waals surface area (Å²) >= 11 is 0. The molecule has 2 aromatic rings. The molecule has 0 saturated heterocycles. The fraction of sp³-hybridized carbons (Fsp3) is 0.500. The molecular formula is C20H31N5O3S. The molecule has 0 aliphatic carbocycles. The van der Waals surface area contributed by atoms with Crippen molar-refractivity contribution in [3.8, 4) is 0 Å². The summed E-state index contributed by atoms with van der Waals surface area (Å²) in [5, 5.41) is 6.25. The molecule has 0 bridgehead atoms. The minimum atomic E-state index is -3.68. The third-order valence-electron chi connectivity index (χ3n) is 3.94. The summed E-state index contributed by atoms with van der Waals surface area (Å²) in [4.78, 5) is 8.53. The van der Waals surface area contributed by atoms with E-state index in [0.717, 1.165) is 25.1 Å². The number of ether oxygens (including phenoxy) is 1. The molecular weight excluding hydrogens is 390 g/mol. The molecule has 0 radical (unpaired) electrons. The molecule has 29 heavy (non-hydrogen) atoms. The van der Waals surface area contributed by atoms with Crippen molar-refractivity contribution in [3.63, 3.8) is 0 Å². The van der Waals surface area contributed by atoms with Crippen molar-refractivity contribution in [1.82, 2.24) is 14.7 Å². The van der Waals surface area contributed by atoms with E-state index in [1.807, 2.05) is 39.0 Å². The van der Waals surface area contributed by atoms with E-state index in [2.05, 4.69) is 25.3 Å². The van der Waals surface area contributed by atoms with Gasteiger partial charge < -0.3 is 15.4 Å². The van der Waals surface area contributed by atoms with Gasteiger partial charge in [-0.25, -0.2) is 23.1 Å². The molecule has 0 amide bonds. The van der Waals surface area contributed by atoms with Crippen LogP contribution in [-0.2, 0) is 14.8 Å². The number of pyridine rings is 2. The first-order valence-electron chi connectivity index (χ1n) is 9.86. The third kappa shape index (κ3) is 8.76. The van der Waals surface area contributed by atoms with Gasteiger partial charge in [-0.05, 0) is 57.9 Å². The minimum Gasteiger partial charge on any atom is -0.379 e. The molecule has 0 aromatic carbocycles. The largest absolute Gasteiger partial charge is 0.379 e. The fourth-order valence-corrected chi connectivity index (χ4v) is 3.51. The van der Waals surface area contributed by atoms with Crippen LogP contribution in [0.25, 0.3) is 0 Å². The molecule has 3 N–H and O–H groups in total. The molecule has 9 heteroatoms. The number of sulfonamides is 1. The van der Waals surface area contributed by atoms with E-state index in [0.29, 0.717) is 24.7 Å². The van der Waals surface area contributed by atoms with Crippen molar-refractivity contribution in [1.29, 1.82) is 0 Å². The first kappa shape index (κ1) is 23.1. The lowest BCUT2D eigenvalue weighted by molar-refractivity contribution is 0.0765. The van der Waals surface area contributed by atoms with Gasteiger partial charge in [-0.1, -0.05) is 12.1 Å². The van der Waals surface area contributed by atoms with Crippen molar-refractivity contribution in [2.24, 2.45) is 0 Å². The Hall–Kier alpha value is -2.23. The number of aromatic nitrogens is 2. The Bertz CT molecular complexity index is 859. The summed E-state index contributed by atoms with van der Waals surface area (Å²) in [5.74, 6) is 1.26. The summed E-state index contributed by atoms with van der Waals surface area (Å²) in [6.45, 7) is 8.00. The van der Waals surface area contributed by atoms with E-state index in [1.54, 1.807) is 12.1 Å². The highest BCUT2D eigenvalue weighted by molar-refractivity contribution is 7.89. The van der Waals surface area contributed by atoms with Crippen molar-refractivity contribution in [3.05, 3.63) is 42.1 Å². The van der Waals surface area contributed by atoms with E-state index in [9.17, 15) is 8.42 Å². The lowest BCUT2D eigenvalue weighted by atomic mass is 10.3. The first-order valence-corrected chi connectivity index (χ1v) is 11.3. The van der Waals surface area contributed by atoms with Crippen molar-refractivity contribution >= 4 is 21.7 Å². The Balaban J connectivity index is 1.77. The molecule has 2 rings (SSSR count). The molecule has 2 aromatic heterocycles. The molecule has 0 spiro atoms. The van der Waals surface area contributed by atoms with Gasteiger partial charge in [-0.2, -0.15) is 0 Å². The summed E-state index contributed by atoms with van der Waals surface area (Å²) in [6.07, 6.45) is 2.10. The van der Waals surface area contributed by atoms with Crippen LogP contribution in [0.15, 0.2) is 41.4 Å². The van der Waals surface area contributed by atoms with Gasteiger partial charge in [0.05, 0.1) is 6.10 Å². The lowest BCUT2D eigenvalue weighted by Crippen LogP contribution is -2.29. The molecule has 8 nitrogen and oxygen atoms in total. The second-order valence-electron chi connectivity index (χ2n) is 6.90. The second-order valence-corrected chi connectivity index (χ2v) is 8.62. The zero-order valence-corrected chi connectivity index (χ0v) is 18.1. The molecule has 160 valence electrons. The highest BCUT2D eigenvalue weighted by Gasteiger charge is 2.15. The Morgan fingerprint density at radius 1 is 0.931 bits per heavy atom. The van der Waals surface area contributed by atoms with Crippen LogP contribution in [0.5, 0.6) is 0 Å². The Kier molecular flexibility index (Phi) is 9.30. The summed E-state index contributed by atoms with van der Waals surface area (Å²) < 4.78 is 33.0. The molecule has 0 unspecified atom stereocenters. The highest BCUT2D eigenvalue weighted by Crippen LogP contribution is 2.10. The van der Waals surface area contributed by atoms with Crippen molar-refractivity contribution in [2.45, 2.75) is 44.7 Å². The maximum atomic E-state index is 12.5. The minimum absolute atomic E-state index is 0.000628. The zero-order valence-electron chi connectivity index (χ0n) is 17.3. The van der Waals surface area contributed by atoms with Gasteiger partial charge in [0.1, 0.15) is 11.6 Å². The molecule has 0 saturated carbocycles. The summed E-state index contributed by atoms with van der Waals surface area (Å²) in [7, 11) is -3.68. The molecule has 0 atom stereocenters. The van der Waals surface area contributed by atoms with Crippen LogP contribution in [0, 0.1) is 6.92 Å². The lowest BCUT2D eigenvalue weighted by Gasteiger charge is -2.10. The normalized spacial score (nSPS) is 11.6. The Morgan fingerprint density at radius 3 is 2.34 bits per heavy atom. The van der Waals surface area contributed by atoms with Gasteiger partial charge in [0.25, 0.3) is 10.0 Å². The monoisotopic (exact) mass is 421 g/mol. The summed E-state index contributed by atoms with van der Waals surface area (Å²) in [5.41, 5.74) is 0.900. The Labute approximate surface area is 173 Å². The molecule has 0 aliphatic rings. The summed E-state index contributed by atoms with van der Waals surface area (Å²) in [6, 6.07) is 10.6. The standard InChI is InChI=1S/C20H31N5O3S/c1-16(2)28-15-5-4-12-21-19-10-7-11-20(25-19)29(26,27)23-14-13-22-18-9-6-8-17(3)24-18/h6-11,16,23H,4-5,12-15H2,1-3H3,(H,21,25)(H,22,24). The van der Waals surface area contributed by atoms with Gasteiger partial charge in [0.2, 0.25) is 0 Å². The fourth-order valence-electron chi connectivity index (χ4n) is 2.52. The van der Waals surface area contributed by atoms with Crippen LogP contribution in [0.2, 0.25) is 0 Å². The number of rotatable bonds is 13. The average Bonchev–Trinajstić information content (AvgIpc) is 2.68. The van der Waals surface area contributed by atoms with E-state index < -0.39 is 10.0 Å². The van der Waals surface area contributed by atoms with Gasteiger partial charge in [0.15, 0.2) is 5.03 Å². The van der Waals surface area contributed by atoms with Crippen LogP contribution >= 0.6 is 0 Å². The van der Waals surface area contributed by atoms with Crippen LogP contribution < -0.4 is 15.4 Å². The van der Waals surface area contributed by atoms with E-state index >= 15 is 0 Å². The van der Waals surface area contributed by atoms with Gasteiger partial charge in [-0.15, -0.1) is 0 Å². The molecule has 2 heterocycles. The number of aryl methyl sites for hydroxylation is 1. The number of hydrogen-bond donors (Lipinski definition) is 3. The van der Waals surface area contributed by atoms with Gasteiger partial charge in [0, 0.05) is 31.9 Å². The number of hydrogen-bond acceptors (Lipinski definition) is 7. The zero-order chi connectivity index (χ0) is 21.1. The predicted octanol–water partition coefficient (Wildman–Crippen LogP) is 2.79. The van der Waals surface area contributed by atoms with Crippen LogP contribution in [-0.4, -0.2) is 50.7 Å². The number of nitrogens with zero attached hydrogens (tertiary/aromatic N) is 2. The smallest absolute Gasteiger partial charge is 0.258 e. The van der Waals surface area contributed by atoms with Crippen LogP contribution in [0.4, 0.5) is 11.6 Å². The van der Waals surface area contributed by atoms with Gasteiger partial charge >= 0.3 is 0 Å². The van der Waals surface area contributed by atoms with Crippen molar-refractivity contribution < 1.29 is 13.2 Å². The highest BCUT2D eigenvalue weighted by atomic mass is 32.2. The van der Waals surface area contributed by atoms with Crippen LogP contribution in [0.1, 0.15) is 32.4 Å². The van der Waals surface area contributed by atoms with E-state index in [4.69, 9.17) is 4.74 Å². The molecule has 0 aliphatic heterocycles. The SMILES string of the molecule is Cc1cccc(NCCNS(=O)(=O)c2cccc(NCCCCOC(C)C)n2)n1. The third-order valence-corrected chi connectivity index (χ3v) is 5.30.